The standard InChI is InChI=1S/C14H18N6O3/c1-2-8-6-20(14(22)23)7-9(8)11(21)4-15-12-5-16-13-10(18-12)3-17-19-13/h3,5,8-9H,2,4,6-7H2,1H3,(H,15,18)(H,22,23)(H,16,17,19)/t8-,9-/m1/s1. The molecule has 9 heteroatoms. The van der Waals surface area contributed by atoms with Gasteiger partial charge in [-0.15, -0.1) is 0 Å². The summed E-state index contributed by atoms with van der Waals surface area (Å²) < 4.78 is 0. The van der Waals surface area contributed by atoms with Gasteiger partial charge in [0.1, 0.15) is 11.3 Å². The van der Waals surface area contributed by atoms with Crippen LogP contribution in [-0.2, 0) is 4.79 Å². The van der Waals surface area contributed by atoms with Gasteiger partial charge in [0.15, 0.2) is 11.4 Å². The number of ketones is 1. The van der Waals surface area contributed by atoms with Crippen molar-refractivity contribution in [3.63, 3.8) is 0 Å². The molecule has 2 aromatic heterocycles. The lowest BCUT2D eigenvalue weighted by molar-refractivity contribution is -0.121. The smallest absolute Gasteiger partial charge is 0.407 e. The second-order valence-electron chi connectivity index (χ2n) is 5.64. The molecule has 122 valence electrons. The number of hydrogen-bond acceptors (Lipinski definition) is 6. The Bertz CT molecular complexity index is 730. The molecule has 1 saturated heterocycles. The van der Waals surface area contributed by atoms with Crippen molar-refractivity contribution in [1.29, 1.82) is 0 Å². The number of rotatable bonds is 5. The molecule has 0 saturated carbocycles. The van der Waals surface area contributed by atoms with E-state index in [0.29, 0.717) is 23.5 Å². The van der Waals surface area contributed by atoms with Crippen LogP contribution in [0.15, 0.2) is 12.4 Å². The van der Waals surface area contributed by atoms with E-state index in [2.05, 4.69) is 25.5 Å². The van der Waals surface area contributed by atoms with Gasteiger partial charge in [0.05, 0.1) is 18.9 Å². The lowest BCUT2D eigenvalue weighted by Gasteiger charge is -2.15. The Hall–Kier alpha value is -2.71. The molecule has 0 bridgehead atoms. The van der Waals surface area contributed by atoms with Crippen LogP contribution in [0.25, 0.3) is 11.2 Å². The fourth-order valence-corrected chi connectivity index (χ4v) is 2.93. The minimum atomic E-state index is -0.969. The van der Waals surface area contributed by atoms with E-state index < -0.39 is 6.09 Å². The first-order valence-electron chi connectivity index (χ1n) is 7.49. The summed E-state index contributed by atoms with van der Waals surface area (Å²) in [5.41, 5.74) is 1.20. The third kappa shape index (κ3) is 3.08. The van der Waals surface area contributed by atoms with Crippen LogP contribution in [-0.4, -0.2) is 61.7 Å². The number of aromatic nitrogens is 4. The van der Waals surface area contributed by atoms with Gasteiger partial charge in [-0.3, -0.25) is 9.89 Å². The number of nitrogens with one attached hydrogen (secondary N) is 2. The lowest BCUT2D eigenvalue weighted by Crippen LogP contribution is -2.30. The number of aromatic amines is 1. The molecule has 2 aromatic rings. The van der Waals surface area contributed by atoms with E-state index in [-0.39, 0.29) is 30.7 Å². The molecule has 3 heterocycles. The number of Topliss-reactive ketones (excluding diaryl/α,β-unsaturated/α-hetero) is 1. The molecule has 0 radical (unpaired) electrons. The van der Waals surface area contributed by atoms with E-state index in [1.807, 2.05) is 6.92 Å². The summed E-state index contributed by atoms with van der Waals surface area (Å²) in [5.74, 6) is 0.292. The van der Waals surface area contributed by atoms with Crippen LogP contribution in [0.2, 0.25) is 0 Å². The second kappa shape index (κ2) is 6.19. The van der Waals surface area contributed by atoms with Gasteiger partial charge in [-0.1, -0.05) is 13.3 Å². The minimum absolute atomic E-state index is 0.00492. The zero-order chi connectivity index (χ0) is 16.4. The number of hydrogen-bond donors (Lipinski definition) is 3. The molecular formula is C14H18N6O3. The van der Waals surface area contributed by atoms with Crippen LogP contribution in [0, 0.1) is 11.8 Å². The van der Waals surface area contributed by atoms with E-state index in [4.69, 9.17) is 5.11 Å². The van der Waals surface area contributed by atoms with Crippen molar-refractivity contribution in [3.05, 3.63) is 12.4 Å². The van der Waals surface area contributed by atoms with Crippen molar-refractivity contribution in [2.75, 3.05) is 25.0 Å². The van der Waals surface area contributed by atoms with Crippen molar-refractivity contribution < 1.29 is 14.7 Å². The van der Waals surface area contributed by atoms with Gasteiger partial charge < -0.3 is 15.3 Å². The first-order chi connectivity index (χ1) is 11.1. The van der Waals surface area contributed by atoms with Gasteiger partial charge in [0.2, 0.25) is 0 Å². The summed E-state index contributed by atoms with van der Waals surface area (Å²) in [5, 5.41) is 18.6. The van der Waals surface area contributed by atoms with Gasteiger partial charge >= 0.3 is 6.09 Å². The predicted molar refractivity (Wildman–Crippen MR) is 82.0 cm³/mol. The third-order valence-corrected chi connectivity index (χ3v) is 4.25. The molecule has 0 aliphatic carbocycles. The maximum absolute atomic E-state index is 12.4. The Morgan fingerprint density at radius 2 is 2.26 bits per heavy atom. The summed E-state index contributed by atoms with van der Waals surface area (Å²) in [6.07, 6.45) is 2.90. The number of amides is 1. The lowest BCUT2D eigenvalue weighted by atomic mass is 9.90. The Morgan fingerprint density at radius 3 is 3.00 bits per heavy atom. The SMILES string of the molecule is CC[C@@H]1CN(C(=O)O)C[C@H]1C(=O)CNc1cnc2[nH]ncc2n1. The molecule has 3 N–H and O–H groups in total. The number of carbonyl (C=O) groups is 2. The number of anilines is 1. The van der Waals surface area contributed by atoms with Gasteiger partial charge in [0.25, 0.3) is 0 Å². The first-order valence-corrected chi connectivity index (χ1v) is 7.49. The van der Waals surface area contributed by atoms with E-state index in [1.54, 1.807) is 6.20 Å². The summed E-state index contributed by atoms with van der Waals surface area (Å²) in [4.78, 5) is 33.3. The fraction of sp³-hybridized carbons (Fsp3) is 0.500. The molecule has 2 atom stereocenters. The van der Waals surface area contributed by atoms with Crippen LogP contribution in [0.3, 0.4) is 0 Å². The number of carbonyl (C=O) groups excluding carboxylic acids is 1. The highest BCUT2D eigenvalue weighted by atomic mass is 16.4. The number of fused-ring (bicyclic) bond motifs is 1. The molecule has 9 nitrogen and oxygen atoms in total. The van der Waals surface area contributed by atoms with Crippen molar-refractivity contribution >= 4 is 28.9 Å². The maximum Gasteiger partial charge on any atom is 0.407 e. The van der Waals surface area contributed by atoms with Crippen LogP contribution >= 0.6 is 0 Å². The monoisotopic (exact) mass is 318 g/mol. The number of likely N-dealkylation sites (tertiary alicyclic amines) is 1. The van der Waals surface area contributed by atoms with E-state index in [1.165, 1.54) is 11.1 Å². The molecule has 1 amide bonds. The number of H-pyrrole nitrogens is 1. The third-order valence-electron chi connectivity index (χ3n) is 4.25. The molecular weight excluding hydrogens is 300 g/mol. The molecule has 0 aromatic carbocycles. The molecule has 1 aliphatic heterocycles. The largest absolute Gasteiger partial charge is 0.465 e. The average Bonchev–Trinajstić information content (AvgIpc) is 3.18. The van der Waals surface area contributed by atoms with Crippen LogP contribution in [0.1, 0.15) is 13.3 Å². The highest BCUT2D eigenvalue weighted by Gasteiger charge is 2.38. The highest BCUT2D eigenvalue weighted by Crippen LogP contribution is 2.27. The van der Waals surface area contributed by atoms with Crippen molar-refractivity contribution in [3.8, 4) is 0 Å². The van der Waals surface area contributed by atoms with Gasteiger partial charge in [-0.25, -0.2) is 14.8 Å². The fourth-order valence-electron chi connectivity index (χ4n) is 2.93. The van der Waals surface area contributed by atoms with Crippen molar-refractivity contribution in [2.45, 2.75) is 13.3 Å². The quantitative estimate of drug-likeness (QED) is 0.750. The van der Waals surface area contributed by atoms with Gasteiger partial charge in [0, 0.05) is 19.0 Å². The number of carboxylic acid groups (broad SMARTS) is 1. The summed E-state index contributed by atoms with van der Waals surface area (Å²) in [7, 11) is 0. The number of nitrogens with zero attached hydrogens (tertiary/aromatic N) is 4. The normalized spacial score (nSPS) is 20.8. The molecule has 3 rings (SSSR count). The van der Waals surface area contributed by atoms with Crippen LogP contribution in [0.4, 0.5) is 10.6 Å². The Labute approximate surface area is 132 Å². The second-order valence-corrected chi connectivity index (χ2v) is 5.64. The molecule has 23 heavy (non-hydrogen) atoms. The Kier molecular flexibility index (Phi) is 4.09. The van der Waals surface area contributed by atoms with E-state index in [0.717, 1.165) is 6.42 Å². The van der Waals surface area contributed by atoms with Gasteiger partial charge in [-0.2, -0.15) is 5.10 Å². The van der Waals surface area contributed by atoms with E-state index in [9.17, 15) is 9.59 Å². The van der Waals surface area contributed by atoms with Crippen molar-refractivity contribution in [1.82, 2.24) is 25.1 Å². The average molecular weight is 318 g/mol. The van der Waals surface area contributed by atoms with Crippen molar-refractivity contribution in [2.24, 2.45) is 11.8 Å². The predicted octanol–water partition coefficient (Wildman–Crippen LogP) is 0.970. The van der Waals surface area contributed by atoms with Crippen LogP contribution in [0.5, 0.6) is 0 Å². The topological polar surface area (TPSA) is 124 Å². The Balaban J connectivity index is 1.63. The van der Waals surface area contributed by atoms with Gasteiger partial charge in [-0.05, 0) is 5.92 Å². The molecule has 0 spiro atoms. The summed E-state index contributed by atoms with van der Waals surface area (Å²) in [6.45, 7) is 2.76. The molecule has 1 aliphatic rings. The maximum atomic E-state index is 12.4. The first kappa shape index (κ1) is 15.2. The van der Waals surface area contributed by atoms with E-state index >= 15 is 0 Å². The molecule has 1 fully saturated rings. The zero-order valence-corrected chi connectivity index (χ0v) is 12.7. The highest BCUT2D eigenvalue weighted by molar-refractivity contribution is 5.86. The zero-order valence-electron chi connectivity index (χ0n) is 12.7. The van der Waals surface area contributed by atoms with Crippen LogP contribution < -0.4 is 5.32 Å². The summed E-state index contributed by atoms with van der Waals surface area (Å²) in [6, 6.07) is 0. The molecule has 0 unspecified atom stereocenters. The summed E-state index contributed by atoms with van der Waals surface area (Å²) >= 11 is 0. The Morgan fingerprint density at radius 1 is 1.43 bits per heavy atom. The minimum Gasteiger partial charge on any atom is -0.465 e.